The lowest BCUT2D eigenvalue weighted by molar-refractivity contribution is 0.544. The van der Waals surface area contributed by atoms with E-state index in [0.717, 1.165) is 5.92 Å². The first-order chi connectivity index (χ1) is 12.6. The van der Waals surface area contributed by atoms with Gasteiger partial charge in [0.05, 0.1) is 0 Å². The summed E-state index contributed by atoms with van der Waals surface area (Å²) in [6.45, 7) is 13.3. The van der Waals surface area contributed by atoms with Crippen LogP contribution in [0.3, 0.4) is 0 Å². The second-order valence-corrected chi connectivity index (χ2v) is 7.37. The molecule has 26 heavy (non-hydrogen) atoms. The van der Waals surface area contributed by atoms with Crippen LogP contribution in [-0.4, -0.2) is 0 Å². The van der Waals surface area contributed by atoms with Crippen molar-refractivity contribution in [3.8, 4) is 0 Å². The van der Waals surface area contributed by atoms with Crippen molar-refractivity contribution in [2.75, 3.05) is 0 Å². The topological polar surface area (TPSA) is 0 Å². The van der Waals surface area contributed by atoms with Crippen LogP contribution in [0, 0.1) is 11.8 Å². The molecular formula is C26H38. The summed E-state index contributed by atoms with van der Waals surface area (Å²) in [5.74, 6) is 1.49. The summed E-state index contributed by atoms with van der Waals surface area (Å²) in [6, 6.07) is 21.3. The highest BCUT2D eigenvalue weighted by Gasteiger charge is 2.11. The van der Waals surface area contributed by atoms with Gasteiger partial charge >= 0.3 is 0 Å². The molecule has 2 rings (SSSR count). The third-order valence-electron chi connectivity index (χ3n) is 5.04. The van der Waals surface area contributed by atoms with Crippen LogP contribution in [0.15, 0.2) is 67.2 Å². The quantitative estimate of drug-likeness (QED) is 0.427. The number of allylic oxidation sites excluding steroid dienone is 1. The van der Waals surface area contributed by atoms with Crippen molar-refractivity contribution < 1.29 is 0 Å². The van der Waals surface area contributed by atoms with Gasteiger partial charge in [0.25, 0.3) is 0 Å². The summed E-state index contributed by atoms with van der Waals surface area (Å²) in [6.07, 6.45) is 7.52. The summed E-state index contributed by atoms with van der Waals surface area (Å²) < 4.78 is 0. The maximum Gasteiger partial charge on any atom is -0.0162 e. The molecule has 2 aromatic carbocycles. The van der Waals surface area contributed by atoms with Gasteiger partial charge in [-0.3, -0.25) is 0 Å². The fourth-order valence-electron chi connectivity index (χ4n) is 3.24. The Bertz CT molecular complexity index is 576. The lowest BCUT2D eigenvalue weighted by Gasteiger charge is -2.18. The van der Waals surface area contributed by atoms with E-state index in [4.69, 9.17) is 0 Å². The Morgan fingerprint density at radius 3 is 1.77 bits per heavy atom. The average molecular weight is 351 g/mol. The smallest absolute Gasteiger partial charge is 0.0162 e. The van der Waals surface area contributed by atoms with Crippen molar-refractivity contribution in [3.63, 3.8) is 0 Å². The Balaban J connectivity index is 0.000000273. The molecule has 0 amide bonds. The molecule has 0 heteroatoms. The van der Waals surface area contributed by atoms with Crippen LogP contribution in [-0.2, 0) is 6.42 Å². The van der Waals surface area contributed by atoms with Crippen LogP contribution in [0.2, 0.25) is 0 Å². The zero-order valence-corrected chi connectivity index (χ0v) is 17.4. The predicted molar refractivity (Wildman–Crippen MR) is 118 cm³/mol. The van der Waals surface area contributed by atoms with Gasteiger partial charge in [-0.2, -0.15) is 0 Å². The molecule has 0 N–H and O–H groups in total. The van der Waals surface area contributed by atoms with Crippen molar-refractivity contribution in [3.05, 3.63) is 78.4 Å². The number of hydrogen-bond donors (Lipinski definition) is 0. The number of rotatable bonds is 9. The first kappa shape index (κ1) is 22.2. The van der Waals surface area contributed by atoms with Gasteiger partial charge in [-0.05, 0) is 47.8 Å². The first-order valence-corrected chi connectivity index (χ1v) is 10.4. The molecule has 142 valence electrons. The molecule has 0 nitrogen and oxygen atoms in total. The van der Waals surface area contributed by atoms with Gasteiger partial charge in [0.15, 0.2) is 0 Å². The first-order valence-electron chi connectivity index (χ1n) is 10.4. The summed E-state index contributed by atoms with van der Waals surface area (Å²) in [5, 5.41) is 0. The molecule has 1 atom stereocenters. The minimum atomic E-state index is 0.669. The molecule has 0 saturated carbocycles. The molecule has 0 aliphatic rings. The molecule has 0 bridgehead atoms. The van der Waals surface area contributed by atoms with Crippen LogP contribution in [0.5, 0.6) is 0 Å². The molecule has 0 heterocycles. The predicted octanol–water partition coefficient (Wildman–Crippen LogP) is 8.19. The highest BCUT2D eigenvalue weighted by Crippen LogP contribution is 2.28. The molecular weight excluding hydrogens is 312 g/mol. The van der Waals surface area contributed by atoms with Crippen molar-refractivity contribution in [1.29, 1.82) is 0 Å². The monoisotopic (exact) mass is 350 g/mol. The molecule has 0 aliphatic carbocycles. The van der Waals surface area contributed by atoms with E-state index in [-0.39, 0.29) is 0 Å². The lowest BCUT2D eigenvalue weighted by Crippen LogP contribution is -2.02. The van der Waals surface area contributed by atoms with E-state index >= 15 is 0 Å². The van der Waals surface area contributed by atoms with Crippen molar-refractivity contribution in [2.45, 2.75) is 66.2 Å². The SMILES string of the molecule is C=C(c1ccccc1)C(CCC)CCC.CC[C@H](C)Cc1ccccc1. The molecule has 0 aliphatic heterocycles. The Morgan fingerprint density at radius 2 is 1.31 bits per heavy atom. The van der Waals surface area contributed by atoms with E-state index in [0.29, 0.717) is 5.92 Å². The van der Waals surface area contributed by atoms with E-state index < -0.39 is 0 Å². The third-order valence-corrected chi connectivity index (χ3v) is 5.04. The van der Waals surface area contributed by atoms with Gasteiger partial charge in [0.1, 0.15) is 0 Å². The maximum absolute atomic E-state index is 4.26. The summed E-state index contributed by atoms with van der Waals surface area (Å²) in [7, 11) is 0. The molecule has 0 radical (unpaired) electrons. The number of hydrogen-bond acceptors (Lipinski definition) is 0. The highest BCUT2D eigenvalue weighted by molar-refractivity contribution is 5.65. The molecule has 0 saturated heterocycles. The lowest BCUT2D eigenvalue weighted by atomic mass is 9.87. The Morgan fingerprint density at radius 1 is 0.808 bits per heavy atom. The van der Waals surface area contributed by atoms with E-state index in [9.17, 15) is 0 Å². The highest BCUT2D eigenvalue weighted by atomic mass is 14.2. The van der Waals surface area contributed by atoms with Gasteiger partial charge in [0.2, 0.25) is 0 Å². The zero-order valence-electron chi connectivity index (χ0n) is 17.4. The maximum atomic E-state index is 4.26. The van der Waals surface area contributed by atoms with Crippen molar-refractivity contribution >= 4 is 5.57 Å². The second kappa shape index (κ2) is 13.4. The van der Waals surface area contributed by atoms with Gasteiger partial charge in [-0.15, -0.1) is 0 Å². The van der Waals surface area contributed by atoms with Crippen LogP contribution < -0.4 is 0 Å². The van der Waals surface area contributed by atoms with Crippen molar-refractivity contribution in [2.24, 2.45) is 11.8 Å². The van der Waals surface area contributed by atoms with Crippen LogP contribution in [0.4, 0.5) is 0 Å². The molecule has 0 aromatic heterocycles. The fraction of sp³-hybridized carbons (Fsp3) is 0.462. The van der Waals surface area contributed by atoms with Crippen molar-refractivity contribution in [1.82, 2.24) is 0 Å². The fourth-order valence-corrected chi connectivity index (χ4v) is 3.24. The van der Waals surface area contributed by atoms with E-state index in [2.05, 4.69) is 94.9 Å². The zero-order chi connectivity index (χ0) is 19.2. The molecule has 0 unspecified atom stereocenters. The van der Waals surface area contributed by atoms with E-state index in [1.807, 2.05) is 0 Å². The van der Waals surface area contributed by atoms with Gasteiger partial charge < -0.3 is 0 Å². The van der Waals surface area contributed by atoms with Crippen LogP contribution in [0.25, 0.3) is 5.57 Å². The molecule has 0 fully saturated rings. The largest absolute Gasteiger partial charge is 0.0950 e. The van der Waals surface area contributed by atoms with E-state index in [1.165, 1.54) is 55.2 Å². The van der Waals surface area contributed by atoms with E-state index in [1.54, 1.807) is 0 Å². The Hall–Kier alpha value is -1.82. The Labute approximate surface area is 162 Å². The number of benzene rings is 2. The minimum absolute atomic E-state index is 0.669. The van der Waals surface area contributed by atoms with Crippen LogP contribution >= 0.6 is 0 Å². The summed E-state index contributed by atoms with van der Waals surface area (Å²) in [4.78, 5) is 0. The molecule has 2 aromatic rings. The third kappa shape index (κ3) is 8.52. The minimum Gasteiger partial charge on any atom is -0.0950 e. The molecule has 0 spiro atoms. The Kier molecular flexibility index (Phi) is 11.4. The summed E-state index contributed by atoms with van der Waals surface area (Å²) >= 11 is 0. The standard InChI is InChI=1S/C15H22.C11H16/c1-4-9-14(10-5-2)13(3)15-11-7-6-8-12-15;1-3-10(2)9-11-7-5-4-6-8-11/h6-8,11-12,14H,3-5,9-10H2,1-2H3;4-8,10H,3,9H2,1-2H3/t;10-/m.0/s1. The van der Waals surface area contributed by atoms with Gasteiger partial charge in [-0.1, -0.05) is 114 Å². The van der Waals surface area contributed by atoms with Gasteiger partial charge in [0, 0.05) is 0 Å². The second-order valence-electron chi connectivity index (χ2n) is 7.37. The van der Waals surface area contributed by atoms with Gasteiger partial charge in [-0.25, -0.2) is 0 Å². The average Bonchev–Trinajstić information content (AvgIpc) is 2.69. The summed E-state index contributed by atoms with van der Waals surface area (Å²) in [5.41, 5.74) is 4.09. The normalized spacial score (nSPS) is 11.6. The van der Waals surface area contributed by atoms with Crippen LogP contribution in [0.1, 0.15) is 70.9 Å².